The number of thiophene rings is 1. The molecular weight excluding hydrogens is 390 g/mol. The number of nitrogens with one attached hydrogen (secondary N) is 1. The highest BCUT2D eigenvalue weighted by molar-refractivity contribution is 7.18. The predicted octanol–water partition coefficient (Wildman–Crippen LogP) is 2.56. The van der Waals surface area contributed by atoms with Crippen LogP contribution in [0.4, 0.5) is 0 Å². The van der Waals surface area contributed by atoms with E-state index in [0.717, 1.165) is 29.5 Å². The first kappa shape index (κ1) is 21.7. The second-order valence-corrected chi connectivity index (χ2v) is 8.56. The maximum atomic E-state index is 12.7. The van der Waals surface area contributed by atoms with Gasteiger partial charge in [-0.2, -0.15) is 0 Å². The number of rotatable bonds is 10. The van der Waals surface area contributed by atoms with Crippen LogP contribution in [0, 0.1) is 0 Å². The van der Waals surface area contributed by atoms with E-state index in [1.807, 2.05) is 11.8 Å². The van der Waals surface area contributed by atoms with E-state index in [4.69, 9.17) is 4.74 Å². The Hall–Kier alpha value is -2.03. The van der Waals surface area contributed by atoms with Crippen LogP contribution in [-0.2, 0) is 28.9 Å². The number of aromatic nitrogens is 2. The van der Waals surface area contributed by atoms with Gasteiger partial charge >= 0.3 is 5.97 Å². The fourth-order valence-corrected chi connectivity index (χ4v) is 4.98. The molecule has 8 heteroatoms. The summed E-state index contributed by atoms with van der Waals surface area (Å²) in [6.45, 7) is 6.79. The lowest BCUT2D eigenvalue weighted by Gasteiger charge is -2.23. The van der Waals surface area contributed by atoms with Crippen LogP contribution >= 0.6 is 11.3 Å². The third-order valence-corrected chi connectivity index (χ3v) is 6.18. The van der Waals surface area contributed by atoms with Gasteiger partial charge in [0.2, 0.25) is 0 Å². The van der Waals surface area contributed by atoms with Crippen LogP contribution in [0.2, 0.25) is 0 Å². The normalized spacial score (nSPS) is 14.7. The number of esters is 1. The molecule has 1 aliphatic carbocycles. The number of nitrogens with zero attached hydrogens (tertiary/aromatic N) is 2. The lowest BCUT2D eigenvalue weighted by atomic mass is 9.97. The number of H-pyrrole nitrogens is 1. The standard InChI is InChI=1S/C21H29N3O4S/c1-3-7-18(26)28-13-14(25)11-24(10-4-2)12-17-22-20(27)19-15-8-5-6-9-16(15)29-21(19)23-17/h4,14,25H,2-3,5-13H2,1H3,(H,22,23,27)/t14-/m1/s1. The van der Waals surface area contributed by atoms with E-state index < -0.39 is 6.10 Å². The zero-order valence-corrected chi connectivity index (χ0v) is 17.7. The van der Waals surface area contributed by atoms with Crippen molar-refractivity contribution in [2.24, 2.45) is 0 Å². The number of aliphatic hydroxyl groups is 1. The third-order valence-electron chi connectivity index (χ3n) is 4.99. The number of hydrogen-bond donors (Lipinski definition) is 2. The third kappa shape index (κ3) is 5.52. The summed E-state index contributed by atoms with van der Waals surface area (Å²) < 4.78 is 5.08. The SMILES string of the molecule is C=CCN(Cc1nc2sc3c(c2c(=O)[nH]1)CCCC3)C[C@@H](O)COC(=O)CCC. The van der Waals surface area contributed by atoms with Crippen LogP contribution < -0.4 is 5.56 Å². The van der Waals surface area contributed by atoms with Crippen LogP contribution in [0.5, 0.6) is 0 Å². The average Bonchev–Trinajstić information content (AvgIpc) is 3.05. The molecule has 0 bridgehead atoms. The molecule has 2 heterocycles. The maximum absolute atomic E-state index is 12.7. The molecule has 0 fully saturated rings. The number of ether oxygens (including phenoxy) is 1. The molecule has 7 nitrogen and oxygen atoms in total. The Morgan fingerprint density at radius 1 is 1.45 bits per heavy atom. The van der Waals surface area contributed by atoms with E-state index in [1.54, 1.807) is 17.4 Å². The zero-order chi connectivity index (χ0) is 20.8. The molecule has 0 amide bonds. The summed E-state index contributed by atoms with van der Waals surface area (Å²) in [5.74, 6) is 0.262. The highest BCUT2D eigenvalue weighted by Gasteiger charge is 2.21. The van der Waals surface area contributed by atoms with Crippen LogP contribution in [-0.4, -0.2) is 51.7 Å². The van der Waals surface area contributed by atoms with Crippen molar-refractivity contribution in [3.8, 4) is 0 Å². The van der Waals surface area contributed by atoms with Crippen LogP contribution in [0.25, 0.3) is 10.2 Å². The number of carbonyl (C=O) groups is 1. The molecule has 0 spiro atoms. The van der Waals surface area contributed by atoms with Gasteiger partial charge in [-0.05, 0) is 37.7 Å². The fraction of sp³-hybridized carbons (Fsp3) is 0.571. The van der Waals surface area contributed by atoms with Gasteiger partial charge in [-0.1, -0.05) is 13.0 Å². The molecule has 0 saturated heterocycles. The van der Waals surface area contributed by atoms with Gasteiger partial charge in [-0.3, -0.25) is 14.5 Å². The number of aromatic amines is 1. The van der Waals surface area contributed by atoms with E-state index in [2.05, 4.69) is 16.5 Å². The summed E-state index contributed by atoms with van der Waals surface area (Å²) in [7, 11) is 0. The van der Waals surface area contributed by atoms with Crippen LogP contribution in [0.15, 0.2) is 17.4 Å². The monoisotopic (exact) mass is 419 g/mol. The first-order valence-electron chi connectivity index (χ1n) is 10.2. The molecule has 3 rings (SSSR count). The first-order chi connectivity index (χ1) is 14.0. The van der Waals surface area contributed by atoms with Gasteiger partial charge in [-0.15, -0.1) is 17.9 Å². The molecule has 1 aliphatic rings. The summed E-state index contributed by atoms with van der Waals surface area (Å²) in [6.07, 6.45) is 6.23. The van der Waals surface area contributed by atoms with Crippen molar-refractivity contribution in [1.29, 1.82) is 0 Å². The number of fused-ring (bicyclic) bond motifs is 3. The minimum Gasteiger partial charge on any atom is -0.463 e. The molecule has 0 radical (unpaired) electrons. The van der Waals surface area contributed by atoms with Crippen molar-refractivity contribution >= 4 is 27.5 Å². The van der Waals surface area contributed by atoms with E-state index >= 15 is 0 Å². The fourth-order valence-electron chi connectivity index (χ4n) is 3.70. The van der Waals surface area contributed by atoms with Gasteiger partial charge in [0.05, 0.1) is 11.9 Å². The maximum Gasteiger partial charge on any atom is 0.305 e. The highest BCUT2D eigenvalue weighted by Crippen LogP contribution is 2.33. The molecule has 158 valence electrons. The van der Waals surface area contributed by atoms with E-state index in [9.17, 15) is 14.7 Å². The Labute approximate surface area is 174 Å². The zero-order valence-electron chi connectivity index (χ0n) is 16.9. The molecule has 2 aromatic heterocycles. The first-order valence-corrected chi connectivity index (χ1v) is 11.0. The second-order valence-electron chi connectivity index (χ2n) is 7.47. The van der Waals surface area contributed by atoms with Gasteiger partial charge in [0.25, 0.3) is 5.56 Å². The number of carbonyl (C=O) groups excluding carboxylic acids is 1. The average molecular weight is 420 g/mol. The Kier molecular flexibility index (Phi) is 7.57. The largest absolute Gasteiger partial charge is 0.463 e. The molecular formula is C21H29N3O4S. The molecule has 1 atom stereocenters. The Balaban J connectivity index is 1.70. The summed E-state index contributed by atoms with van der Waals surface area (Å²) in [5, 5.41) is 11.0. The number of hydrogen-bond acceptors (Lipinski definition) is 7. The quantitative estimate of drug-likeness (QED) is 0.454. The Morgan fingerprint density at radius 3 is 3.00 bits per heavy atom. The number of aryl methyl sites for hydroxylation is 2. The molecule has 2 N–H and O–H groups in total. The van der Waals surface area contributed by atoms with E-state index in [0.29, 0.717) is 31.8 Å². The molecule has 0 saturated carbocycles. The molecule has 2 aromatic rings. The van der Waals surface area contributed by atoms with E-state index in [1.165, 1.54) is 16.9 Å². The molecule has 29 heavy (non-hydrogen) atoms. The molecule has 0 aliphatic heterocycles. The van der Waals surface area contributed by atoms with Crippen LogP contribution in [0.1, 0.15) is 48.9 Å². The van der Waals surface area contributed by atoms with Crippen molar-refractivity contribution in [2.45, 2.75) is 58.1 Å². The number of aliphatic hydroxyl groups excluding tert-OH is 1. The predicted molar refractivity (Wildman–Crippen MR) is 114 cm³/mol. The van der Waals surface area contributed by atoms with Crippen molar-refractivity contribution in [3.05, 3.63) is 39.3 Å². The van der Waals surface area contributed by atoms with Crippen molar-refractivity contribution in [2.75, 3.05) is 19.7 Å². The van der Waals surface area contributed by atoms with Crippen molar-refractivity contribution < 1.29 is 14.6 Å². The van der Waals surface area contributed by atoms with Crippen molar-refractivity contribution in [3.63, 3.8) is 0 Å². The highest BCUT2D eigenvalue weighted by atomic mass is 32.1. The lowest BCUT2D eigenvalue weighted by Crippen LogP contribution is -2.36. The van der Waals surface area contributed by atoms with Gasteiger partial charge in [-0.25, -0.2) is 4.98 Å². The van der Waals surface area contributed by atoms with Gasteiger partial charge < -0.3 is 14.8 Å². The lowest BCUT2D eigenvalue weighted by molar-refractivity contribution is -0.147. The van der Waals surface area contributed by atoms with Crippen LogP contribution in [0.3, 0.4) is 0 Å². The molecule has 0 unspecified atom stereocenters. The Morgan fingerprint density at radius 2 is 2.24 bits per heavy atom. The van der Waals surface area contributed by atoms with Gasteiger partial charge in [0.1, 0.15) is 23.4 Å². The van der Waals surface area contributed by atoms with Crippen molar-refractivity contribution in [1.82, 2.24) is 14.9 Å². The Bertz CT molecular complexity index is 921. The summed E-state index contributed by atoms with van der Waals surface area (Å²) in [5.41, 5.74) is 1.08. The van der Waals surface area contributed by atoms with E-state index in [-0.39, 0.29) is 24.7 Å². The van der Waals surface area contributed by atoms with Gasteiger partial charge in [0, 0.05) is 24.4 Å². The minimum atomic E-state index is -0.819. The smallest absolute Gasteiger partial charge is 0.305 e. The summed E-state index contributed by atoms with van der Waals surface area (Å²) in [6, 6.07) is 0. The minimum absolute atomic E-state index is 0.0485. The topological polar surface area (TPSA) is 95.5 Å². The second kappa shape index (κ2) is 10.1. The van der Waals surface area contributed by atoms with Gasteiger partial charge in [0.15, 0.2) is 0 Å². The summed E-state index contributed by atoms with van der Waals surface area (Å²) in [4.78, 5) is 35.8. The summed E-state index contributed by atoms with van der Waals surface area (Å²) >= 11 is 1.62. The molecule has 0 aromatic carbocycles.